The Morgan fingerprint density at radius 1 is 1.38 bits per heavy atom. The van der Waals surface area contributed by atoms with Gasteiger partial charge < -0.3 is 15.2 Å². The van der Waals surface area contributed by atoms with E-state index >= 15 is 0 Å². The zero-order chi connectivity index (χ0) is 11.4. The van der Waals surface area contributed by atoms with Crippen LogP contribution in [0.2, 0.25) is 0 Å². The summed E-state index contributed by atoms with van der Waals surface area (Å²) < 4.78 is 5.61. The van der Waals surface area contributed by atoms with Gasteiger partial charge in [-0.15, -0.1) is 0 Å². The summed E-state index contributed by atoms with van der Waals surface area (Å²) in [6.07, 6.45) is 1.82. The van der Waals surface area contributed by atoms with Crippen LogP contribution in [0, 0.1) is 6.92 Å². The van der Waals surface area contributed by atoms with E-state index in [-0.39, 0.29) is 0 Å². The third-order valence-electron chi connectivity index (χ3n) is 2.98. The van der Waals surface area contributed by atoms with Crippen LogP contribution in [0.5, 0.6) is 5.75 Å². The minimum atomic E-state index is -0.705. The largest absolute Gasteiger partial charge is 0.491 e. The second kappa shape index (κ2) is 4.85. The van der Waals surface area contributed by atoms with E-state index in [1.54, 1.807) is 0 Å². The van der Waals surface area contributed by atoms with Crippen LogP contribution in [0.1, 0.15) is 18.4 Å². The molecule has 1 aliphatic rings. The first kappa shape index (κ1) is 11.4. The summed E-state index contributed by atoms with van der Waals surface area (Å²) in [5.41, 5.74) is 0.508. The van der Waals surface area contributed by atoms with Crippen LogP contribution in [0.15, 0.2) is 24.3 Å². The van der Waals surface area contributed by atoms with Crippen molar-refractivity contribution in [3.8, 4) is 5.75 Å². The van der Waals surface area contributed by atoms with Crippen molar-refractivity contribution in [1.82, 2.24) is 5.32 Å². The van der Waals surface area contributed by atoms with E-state index in [9.17, 15) is 5.11 Å². The molecule has 0 aliphatic carbocycles. The maximum atomic E-state index is 10.2. The summed E-state index contributed by atoms with van der Waals surface area (Å²) in [6.45, 7) is 4.02. The summed E-state index contributed by atoms with van der Waals surface area (Å²) in [7, 11) is 0. The molecule has 0 spiro atoms. The molecule has 0 bridgehead atoms. The molecule has 2 N–H and O–H groups in total. The van der Waals surface area contributed by atoms with Gasteiger partial charge in [0.15, 0.2) is 0 Å². The van der Waals surface area contributed by atoms with Gasteiger partial charge in [0.05, 0.1) is 0 Å². The van der Waals surface area contributed by atoms with Crippen molar-refractivity contribution in [2.45, 2.75) is 25.4 Å². The Morgan fingerprint density at radius 2 is 2.12 bits per heavy atom. The third-order valence-corrected chi connectivity index (χ3v) is 2.98. The zero-order valence-corrected chi connectivity index (χ0v) is 9.70. The molecular weight excluding hydrogens is 202 g/mol. The van der Waals surface area contributed by atoms with Crippen molar-refractivity contribution < 1.29 is 9.84 Å². The summed E-state index contributed by atoms with van der Waals surface area (Å²) in [5, 5.41) is 13.4. The number of hydrogen-bond acceptors (Lipinski definition) is 3. The predicted octanol–water partition coefficient (Wildman–Crippen LogP) is 1.49. The smallest absolute Gasteiger partial charge is 0.119 e. The van der Waals surface area contributed by atoms with Gasteiger partial charge in [0, 0.05) is 6.54 Å². The van der Waals surface area contributed by atoms with E-state index in [1.807, 2.05) is 31.2 Å². The maximum Gasteiger partial charge on any atom is 0.119 e. The molecule has 3 heteroatoms. The molecule has 1 aromatic carbocycles. The van der Waals surface area contributed by atoms with Crippen LogP contribution in [0.4, 0.5) is 0 Å². The molecule has 3 nitrogen and oxygen atoms in total. The molecule has 1 atom stereocenters. The Kier molecular flexibility index (Phi) is 3.46. The van der Waals surface area contributed by atoms with Gasteiger partial charge in [-0.05, 0) is 38.4 Å². The number of benzene rings is 1. The lowest BCUT2D eigenvalue weighted by molar-refractivity contribution is -0.0230. The maximum absolute atomic E-state index is 10.2. The van der Waals surface area contributed by atoms with Gasteiger partial charge in [0.25, 0.3) is 0 Å². The number of hydrogen-bond donors (Lipinski definition) is 2. The van der Waals surface area contributed by atoms with Crippen molar-refractivity contribution in [2.24, 2.45) is 0 Å². The second-order valence-corrected chi connectivity index (χ2v) is 4.61. The topological polar surface area (TPSA) is 41.5 Å². The quantitative estimate of drug-likeness (QED) is 0.812. The van der Waals surface area contributed by atoms with Crippen LogP contribution in [-0.4, -0.2) is 30.4 Å². The summed E-state index contributed by atoms with van der Waals surface area (Å²) in [6, 6.07) is 7.90. The molecule has 1 saturated heterocycles. The van der Waals surface area contributed by atoms with Crippen LogP contribution < -0.4 is 10.1 Å². The lowest BCUT2D eigenvalue weighted by Gasteiger charge is -2.32. The molecular formula is C13H19NO2. The molecule has 1 aliphatic heterocycles. The van der Waals surface area contributed by atoms with E-state index in [2.05, 4.69) is 5.32 Å². The fourth-order valence-corrected chi connectivity index (χ4v) is 1.93. The average molecular weight is 221 g/mol. The van der Waals surface area contributed by atoms with E-state index < -0.39 is 5.60 Å². The molecule has 0 saturated carbocycles. The van der Waals surface area contributed by atoms with Gasteiger partial charge in [-0.1, -0.05) is 17.7 Å². The highest BCUT2D eigenvalue weighted by atomic mass is 16.5. The SMILES string of the molecule is Cc1ccc(OCC2(O)CCCNC2)cc1. The van der Waals surface area contributed by atoms with Crippen LogP contribution >= 0.6 is 0 Å². The van der Waals surface area contributed by atoms with Gasteiger partial charge >= 0.3 is 0 Å². The predicted molar refractivity (Wildman–Crippen MR) is 63.7 cm³/mol. The molecule has 16 heavy (non-hydrogen) atoms. The van der Waals surface area contributed by atoms with Crippen LogP contribution in [0.3, 0.4) is 0 Å². The number of nitrogens with one attached hydrogen (secondary N) is 1. The van der Waals surface area contributed by atoms with Gasteiger partial charge in [0.1, 0.15) is 18.0 Å². The molecule has 0 amide bonds. The Bertz CT molecular complexity index is 328. The highest BCUT2D eigenvalue weighted by molar-refractivity contribution is 5.26. The molecule has 1 aromatic rings. The van der Waals surface area contributed by atoms with Crippen LogP contribution in [0.25, 0.3) is 0 Å². The highest BCUT2D eigenvalue weighted by Crippen LogP contribution is 2.19. The first-order chi connectivity index (χ1) is 7.68. The summed E-state index contributed by atoms with van der Waals surface area (Å²) in [5.74, 6) is 0.824. The lowest BCUT2D eigenvalue weighted by atomic mass is 9.95. The fraction of sp³-hybridized carbons (Fsp3) is 0.538. The summed E-state index contributed by atoms with van der Waals surface area (Å²) in [4.78, 5) is 0. The normalized spacial score (nSPS) is 25.4. The van der Waals surface area contributed by atoms with E-state index in [0.29, 0.717) is 13.2 Å². The highest BCUT2D eigenvalue weighted by Gasteiger charge is 2.29. The number of piperidine rings is 1. The van der Waals surface area contributed by atoms with E-state index in [4.69, 9.17) is 4.74 Å². The first-order valence-electron chi connectivity index (χ1n) is 5.81. The number of ether oxygens (including phenoxy) is 1. The minimum Gasteiger partial charge on any atom is -0.491 e. The van der Waals surface area contributed by atoms with Gasteiger partial charge in [-0.25, -0.2) is 0 Å². The molecule has 1 fully saturated rings. The van der Waals surface area contributed by atoms with E-state index in [1.165, 1.54) is 5.56 Å². The number of β-amino-alcohol motifs (C(OH)–C–C–N with tert-alkyl or cyclic N) is 1. The van der Waals surface area contributed by atoms with Crippen molar-refractivity contribution in [3.63, 3.8) is 0 Å². The van der Waals surface area contributed by atoms with Gasteiger partial charge in [-0.2, -0.15) is 0 Å². The molecule has 0 radical (unpaired) electrons. The lowest BCUT2D eigenvalue weighted by Crippen LogP contribution is -2.49. The van der Waals surface area contributed by atoms with Crippen molar-refractivity contribution in [3.05, 3.63) is 29.8 Å². The number of aryl methyl sites for hydroxylation is 1. The number of rotatable bonds is 3. The average Bonchev–Trinajstić information content (AvgIpc) is 2.29. The standard InChI is InChI=1S/C13H19NO2/c1-11-3-5-12(6-4-11)16-10-13(15)7-2-8-14-9-13/h3-6,14-15H,2,7-10H2,1H3. The van der Waals surface area contributed by atoms with Gasteiger partial charge in [0.2, 0.25) is 0 Å². The molecule has 0 aromatic heterocycles. The van der Waals surface area contributed by atoms with E-state index in [0.717, 1.165) is 25.1 Å². The van der Waals surface area contributed by atoms with Crippen molar-refractivity contribution in [1.29, 1.82) is 0 Å². The molecule has 88 valence electrons. The van der Waals surface area contributed by atoms with Gasteiger partial charge in [-0.3, -0.25) is 0 Å². The fourth-order valence-electron chi connectivity index (χ4n) is 1.93. The molecule has 1 unspecified atom stereocenters. The molecule has 2 rings (SSSR count). The number of aliphatic hydroxyl groups is 1. The van der Waals surface area contributed by atoms with Crippen molar-refractivity contribution in [2.75, 3.05) is 19.7 Å². The second-order valence-electron chi connectivity index (χ2n) is 4.61. The summed E-state index contributed by atoms with van der Waals surface area (Å²) >= 11 is 0. The molecule has 1 heterocycles. The third kappa shape index (κ3) is 2.97. The Balaban J connectivity index is 1.88. The minimum absolute atomic E-state index is 0.364. The Morgan fingerprint density at radius 3 is 2.75 bits per heavy atom. The van der Waals surface area contributed by atoms with Crippen molar-refractivity contribution >= 4 is 0 Å². The Hall–Kier alpha value is -1.06. The zero-order valence-electron chi connectivity index (χ0n) is 9.70. The first-order valence-corrected chi connectivity index (χ1v) is 5.81. The van der Waals surface area contributed by atoms with Crippen LogP contribution in [-0.2, 0) is 0 Å². The monoisotopic (exact) mass is 221 g/mol. The Labute approximate surface area is 96.4 Å².